The van der Waals surface area contributed by atoms with Crippen molar-refractivity contribution in [1.29, 1.82) is 0 Å². The molecule has 0 spiro atoms. The zero-order valence-corrected chi connectivity index (χ0v) is 12.6. The molecule has 1 aliphatic carbocycles. The number of halogens is 1. The van der Waals surface area contributed by atoms with Gasteiger partial charge in [-0.15, -0.1) is 11.6 Å². The molecule has 3 rings (SSSR count). The molecule has 0 radical (unpaired) electrons. The summed E-state index contributed by atoms with van der Waals surface area (Å²) in [4.78, 5) is 14.1. The minimum atomic E-state index is 0.370. The van der Waals surface area contributed by atoms with Crippen LogP contribution in [0.3, 0.4) is 0 Å². The summed E-state index contributed by atoms with van der Waals surface area (Å²) in [7, 11) is 0. The Labute approximate surface area is 126 Å². The van der Waals surface area contributed by atoms with Crippen molar-refractivity contribution in [3.8, 4) is 0 Å². The van der Waals surface area contributed by atoms with Gasteiger partial charge in [-0.25, -0.2) is 0 Å². The minimum Gasteiger partial charge on any atom is -0.342 e. The van der Waals surface area contributed by atoms with Crippen molar-refractivity contribution in [3.05, 3.63) is 35.4 Å². The summed E-state index contributed by atoms with van der Waals surface area (Å²) in [6.07, 6.45) is 5.66. The molecule has 1 aliphatic heterocycles. The van der Waals surface area contributed by atoms with Gasteiger partial charge in [-0.1, -0.05) is 24.3 Å². The van der Waals surface area contributed by atoms with Gasteiger partial charge in [0.1, 0.15) is 0 Å². The van der Waals surface area contributed by atoms with E-state index in [9.17, 15) is 4.79 Å². The van der Waals surface area contributed by atoms with Crippen molar-refractivity contribution in [2.45, 2.75) is 38.0 Å². The average molecular weight is 292 g/mol. The van der Waals surface area contributed by atoms with E-state index in [1.54, 1.807) is 0 Å². The Balaban J connectivity index is 1.48. The number of nitrogens with zero attached hydrogens (tertiary/aromatic N) is 1. The molecule has 0 bridgehead atoms. The van der Waals surface area contributed by atoms with Crippen LogP contribution in [0.1, 0.15) is 36.8 Å². The Morgan fingerprint density at radius 1 is 1.05 bits per heavy atom. The van der Waals surface area contributed by atoms with Gasteiger partial charge in [0, 0.05) is 24.9 Å². The largest absolute Gasteiger partial charge is 0.342 e. The van der Waals surface area contributed by atoms with Crippen LogP contribution >= 0.6 is 11.6 Å². The molecule has 0 atom stereocenters. The number of carbonyl (C=O) groups is 1. The van der Waals surface area contributed by atoms with Crippen LogP contribution in [-0.2, 0) is 17.1 Å². The molecular formula is C17H22ClNO. The number of hydrogen-bond donors (Lipinski definition) is 0. The van der Waals surface area contributed by atoms with E-state index in [0.29, 0.717) is 17.7 Å². The van der Waals surface area contributed by atoms with Gasteiger partial charge in [0.2, 0.25) is 5.91 Å². The highest BCUT2D eigenvalue weighted by Crippen LogP contribution is 2.32. The summed E-state index contributed by atoms with van der Waals surface area (Å²) in [5.41, 5.74) is 2.58. The van der Waals surface area contributed by atoms with E-state index in [2.05, 4.69) is 29.2 Å². The Morgan fingerprint density at radius 2 is 1.65 bits per heavy atom. The van der Waals surface area contributed by atoms with E-state index in [-0.39, 0.29) is 0 Å². The maximum absolute atomic E-state index is 12.0. The highest BCUT2D eigenvalue weighted by atomic mass is 35.5. The smallest absolute Gasteiger partial charge is 0.225 e. The second-order valence-corrected chi connectivity index (χ2v) is 6.46. The van der Waals surface area contributed by atoms with Gasteiger partial charge in [0.05, 0.1) is 0 Å². The standard InChI is InChI=1S/C17H22ClNO/c18-12-15-3-1-13(2-4-15)11-14-7-9-19(10-8-14)17(20)16-5-6-16/h1-4,14,16H,5-12H2. The summed E-state index contributed by atoms with van der Waals surface area (Å²) < 4.78 is 0. The fraction of sp³-hybridized carbons (Fsp3) is 0.588. The monoisotopic (exact) mass is 291 g/mol. The molecule has 2 fully saturated rings. The van der Waals surface area contributed by atoms with Gasteiger partial charge in [0.15, 0.2) is 0 Å². The Bertz CT molecular complexity index is 458. The molecule has 3 heteroatoms. The lowest BCUT2D eigenvalue weighted by Gasteiger charge is -2.32. The van der Waals surface area contributed by atoms with E-state index in [4.69, 9.17) is 11.6 Å². The van der Waals surface area contributed by atoms with E-state index < -0.39 is 0 Å². The van der Waals surface area contributed by atoms with Crippen molar-refractivity contribution in [2.24, 2.45) is 11.8 Å². The van der Waals surface area contributed by atoms with Crippen LogP contribution in [0.25, 0.3) is 0 Å². The van der Waals surface area contributed by atoms with Gasteiger partial charge in [-0.2, -0.15) is 0 Å². The van der Waals surface area contributed by atoms with Gasteiger partial charge in [-0.3, -0.25) is 4.79 Å². The molecule has 1 aromatic carbocycles. The molecule has 20 heavy (non-hydrogen) atoms. The first-order valence-corrected chi connectivity index (χ1v) is 8.22. The predicted molar refractivity (Wildman–Crippen MR) is 81.7 cm³/mol. The molecule has 2 nitrogen and oxygen atoms in total. The normalized spacial score (nSPS) is 20.1. The van der Waals surface area contributed by atoms with Crippen molar-refractivity contribution < 1.29 is 4.79 Å². The molecule has 0 N–H and O–H groups in total. The number of rotatable bonds is 4. The molecule has 108 valence electrons. The number of carbonyl (C=O) groups excluding carboxylic acids is 1. The van der Waals surface area contributed by atoms with E-state index in [1.807, 2.05) is 0 Å². The average Bonchev–Trinajstić information content (AvgIpc) is 3.33. The van der Waals surface area contributed by atoms with Crippen LogP contribution in [0, 0.1) is 11.8 Å². The van der Waals surface area contributed by atoms with Crippen LogP contribution < -0.4 is 0 Å². The third-order valence-electron chi connectivity index (χ3n) is 4.55. The predicted octanol–water partition coefficient (Wildman–Crippen LogP) is 3.62. The molecule has 1 heterocycles. The second kappa shape index (κ2) is 6.17. The Kier molecular flexibility index (Phi) is 4.30. The Morgan fingerprint density at radius 3 is 2.20 bits per heavy atom. The lowest BCUT2D eigenvalue weighted by Crippen LogP contribution is -2.39. The van der Waals surface area contributed by atoms with E-state index in [0.717, 1.165) is 51.1 Å². The molecular weight excluding hydrogens is 270 g/mol. The van der Waals surface area contributed by atoms with Crippen LogP contribution in [-0.4, -0.2) is 23.9 Å². The third-order valence-corrected chi connectivity index (χ3v) is 4.86. The Hall–Kier alpha value is -1.02. The molecule has 1 saturated carbocycles. The summed E-state index contributed by atoms with van der Waals surface area (Å²) in [5.74, 6) is 2.09. The topological polar surface area (TPSA) is 20.3 Å². The van der Waals surface area contributed by atoms with Crippen molar-refractivity contribution in [2.75, 3.05) is 13.1 Å². The molecule has 0 unspecified atom stereocenters. The van der Waals surface area contributed by atoms with Crippen LogP contribution in [0.15, 0.2) is 24.3 Å². The summed E-state index contributed by atoms with van der Waals surface area (Å²) in [5, 5.41) is 0. The summed E-state index contributed by atoms with van der Waals surface area (Å²) in [6.45, 7) is 1.92. The van der Waals surface area contributed by atoms with Crippen molar-refractivity contribution in [3.63, 3.8) is 0 Å². The molecule has 2 aliphatic rings. The van der Waals surface area contributed by atoms with Crippen LogP contribution in [0.2, 0.25) is 0 Å². The highest BCUT2D eigenvalue weighted by Gasteiger charge is 2.34. The van der Waals surface area contributed by atoms with Crippen LogP contribution in [0.5, 0.6) is 0 Å². The number of amides is 1. The van der Waals surface area contributed by atoms with Crippen molar-refractivity contribution >= 4 is 17.5 Å². The van der Waals surface area contributed by atoms with Gasteiger partial charge < -0.3 is 4.90 Å². The number of alkyl halides is 1. The molecule has 0 aromatic heterocycles. The molecule has 1 saturated heterocycles. The van der Waals surface area contributed by atoms with Gasteiger partial charge in [0.25, 0.3) is 0 Å². The van der Waals surface area contributed by atoms with Gasteiger partial charge >= 0.3 is 0 Å². The first kappa shape index (κ1) is 13.9. The number of benzene rings is 1. The summed E-state index contributed by atoms with van der Waals surface area (Å²) >= 11 is 5.81. The first-order chi connectivity index (χ1) is 9.76. The van der Waals surface area contributed by atoms with Crippen LogP contribution in [0.4, 0.5) is 0 Å². The summed E-state index contributed by atoms with van der Waals surface area (Å²) in [6, 6.07) is 8.63. The maximum atomic E-state index is 12.0. The fourth-order valence-corrected chi connectivity index (χ4v) is 3.22. The highest BCUT2D eigenvalue weighted by molar-refractivity contribution is 6.17. The minimum absolute atomic E-state index is 0.370. The number of likely N-dealkylation sites (tertiary alicyclic amines) is 1. The molecule has 1 amide bonds. The lowest BCUT2D eigenvalue weighted by molar-refractivity contribution is -0.133. The fourth-order valence-electron chi connectivity index (χ4n) is 3.04. The van der Waals surface area contributed by atoms with Gasteiger partial charge in [-0.05, 0) is 49.1 Å². The zero-order chi connectivity index (χ0) is 13.9. The maximum Gasteiger partial charge on any atom is 0.225 e. The number of hydrogen-bond acceptors (Lipinski definition) is 1. The SMILES string of the molecule is O=C(C1CC1)N1CCC(Cc2ccc(CCl)cc2)CC1. The lowest BCUT2D eigenvalue weighted by atomic mass is 9.90. The van der Waals surface area contributed by atoms with Crippen molar-refractivity contribution in [1.82, 2.24) is 4.90 Å². The third kappa shape index (κ3) is 3.35. The van der Waals surface area contributed by atoms with E-state index >= 15 is 0 Å². The first-order valence-electron chi connectivity index (χ1n) is 7.69. The molecule has 1 aromatic rings. The number of piperidine rings is 1. The zero-order valence-electron chi connectivity index (χ0n) is 11.9. The second-order valence-electron chi connectivity index (χ2n) is 6.20. The van der Waals surface area contributed by atoms with E-state index in [1.165, 1.54) is 11.1 Å². The quantitative estimate of drug-likeness (QED) is 0.776.